The Morgan fingerprint density at radius 1 is 1.04 bits per heavy atom. The highest BCUT2D eigenvalue weighted by atomic mass is 16.3. The molecule has 27 heavy (non-hydrogen) atoms. The van der Waals surface area contributed by atoms with Gasteiger partial charge in [0.2, 0.25) is 0 Å². The number of hydrogen-bond acceptors (Lipinski definition) is 3. The summed E-state index contributed by atoms with van der Waals surface area (Å²) in [5, 5.41) is 30.9. The maximum Gasteiger partial charge on any atom is 0.0487 e. The van der Waals surface area contributed by atoms with Crippen molar-refractivity contribution in [1.82, 2.24) is 0 Å². The van der Waals surface area contributed by atoms with Gasteiger partial charge in [-0.15, -0.1) is 0 Å². The van der Waals surface area contributed by atoms with Gasteiger partial charge in [0.05, 0.1) is 0 Å². The van der Waals surface area contributed by atoms with E-state index >= 15 is 0 Å². The van der Waals surface area contributed by atoms with E-state index in [1.807, 2.05) is 0 Å². The van der Waals surface area contributed by atoms with Crippen LogP contribution >= 0.6 is 0 Å². The Bertz CT molecular complexity index is 613. The minimum Gasteiger partial charge on any atom is -0.396 e. The maximum absolute atomic E-state index is 10.4. The van der Waals surface area contributed by atoms with E-state index < -0.39 is 0 Å². The van der Waals surface area contributed by atoms with Crippen LogP contribution < -0.4 is 0 Å². The second kappa shape index (κ2) is 6.57. The first-order valence-electron chi connectivity index (χ1n) is 11.3. The fourth-order valence-corrected chi connectivity index (χ4v) is 8.76. The molecule has 0 aromatic carbocycles. The third-order valence-electron chi connectivity index (χ3n) is 9.92. The van der Waals surface area contributed by atoms with Crippen molar-refractivity contribution in [2.75, 3.05) is 19.8 Å². The van der Waals surface area contributed by atoms with Crippen molar-refractivity contribution in [2.24, 2.45) is 51.8 Å². The molecule has 0 unspecified atom stereocenters. The van der Waals surface area contributed by atoms with Gasteiger partial charge in [-0.2, -0.15) is 0 Å². The Morgan fingerprint density at radius 2 is 1.78 bits per heavy atom. The van der Waals surface area contributed by atoms with Crippen LogP contribution in [0.3, 0.4) is 0 Å². The van der Waals surface area contributed by atoms with Gasteiger partial charge in [0.1, 0.15) is 0 Å². The Hall–Kier alpha value is -0.380. The number of rotatable bonds is 4. The average Bonchev–Trinajstić information content (AvgIpc) is 2.66. The van der Waals surface area contributed by atoms with Gasteiger partial charge < -0.3 is 15.3 Å². The van der Waals surface area contributed by atoms with Crippen LogP contribution in [-0.4, -0.2) is 35.1 Å². The molecule has 0 aromatic rings. The van der Waals surface area contributed by atoms with Crippen LogP contribution in [0.1, 0.15) is 66.2 Å². The first-order valence-corrected chi connectivity index (χ1v) is 11.3. The molecular weight excluding hydrogens is 336 g/mol. The van der Waals surface area contributed by atoms with E-state index in [4.69, 9.17) is 0 Å². The van der Waals surface area contributed by atoms with Gasteiger partial charge in [-0.1, -0.05) is 45.8 Å². The minimum absolute atomic E-state index is 0.0372. The maximum atomic E-state index is 10.4. The van der Waals surface area contributed by atoms with E-state index in [2.05, 4.69) is 33.8 Å². The first kappa shape index (κ1) is 19.9. The molecule has 3 N–H and O–H groups in total. The number of fused-ring (bicyclic) bond motifs is 2. The molecule has 5 aliphatic rings. The van der Waals surface area contributed by atoms with Crippen LogP contribution in [-0.2, 0) is 0 Å². The summed E-state index contributed by atoms with van der Waals surface area (Å²) in [5.74, 6) is 2.47. The zero-order valence-electron chi connectivity index (χ0n) is 17.7. The highest BCUT2D eigenvalue weighted by molar-refractivity contribution is 5.31. The molecule has 8 atom stereocenters. The Kier molecular flexibility index (Phi) is 4.85. The molecule has 5 rings (SSSR count). The molecule has 0 heterocycles. The molecule has 154 valence electrons. The standard InChI is InChI=1S/C24H40O3/c1-15(2)17-11-24-9-6-20-22(3,14-27)7-5-8-23(20,4)21(24)10-16(17)18(12-25)19(24)13-26/h11,15-16,18-21,25-27H,5-10,12-14H2,1-4H3/t16-,18-,19+,20-,21+,22-,23-,24+/m0/s1. The van der Waals surface area contributed by atoms with Crippen molar-refractivity contribution in [3.63, 3.8) is 0 Å². The summed E-state index contributed by atoms with van der Waals surface area (Å²) in [4.78, 5) is 0. The Morgan fingerprint density at radius 3 is 2.37 bits per heavy atom. The second-order valence-electron chi connectivity index (χ2n) is 11.2. The van der Waals surface area contributed by atoms with Crippen LogP contribution in [0.2, 0.25) is 0 Å². The smallest absolute Gasteiger partial charge is 0.0487 e. The quantitative estimate of drug-likeness (QED) is 0.650. The van der Waals surface area contributed by atoms with E-state index in [-0.39, 0.29) is 41.3 Å². The number of allylic oxidation sites excluding steroid dienone is 2. The van der Waals surface area contributed by atoms with Crippen LogP contribution in [0.25, 0.3) is 0 Å². The van der Waals surface area contributed by atoms with E-state index in [9.17, 15) is 15.3 Å². The molecule has 0 amide bonds. The highest BCUT2D eigenvalue weighted by Gasteiger charge is 2.67. The molecule has 2 bridgehead atoms. The van der Waals surface area contributed by atoms with E-state index in [0.29, 0.717) is 30.3 Å². The van der Waals surface area contributed by atoms with Gasteiger partial charge in [-0.05, 0) is 83.9 Å². The van der Waals surface area contributed by atoms with Gasteiger partial charge in [0.25, 0.3) is 0 Å². The van der Waals surface area contributed by atoms with Crippen LogP contribution in [0.15, 0.2) is 11.6 Å². The lowest BCUT2D eigenvalue weighted by atomic mass is 9.34. The minimum atomic E-state index is 0.0372. The molecule has 3 heteroatoms. The van der Waals surface area contributed by atoms with Crippen molar-refractivity contribution < 1.29 is 15.3 Å². The molecule has 3 fully saturated rings. The Labute approximate surface area is 165 Å². The van der Waals surface area contributed by atoms with Gasteiger partial charge in [0, 0.05) is 19.8 Å². The summed E-state index contributed by atoms with van der Waals surface area (Å²) in [6.07, 6.45) is 9.61. The second-order valence-corrected chi connectivity index (χ2v) is 11.2. The predicted octanol–water partition coefficient (Wildman–Crippen LogP) is 4.02. The lowest BCUT2D eigenvalue weighted by Crippen LogP contribution is -2.65. The number of aliphatic hydroxyl groups is 3. The number of aliphatic hydroxyl groups excluding tert-OH is 3. The summed E-state index contributed by atoms with van der Waals surface area (Å²) in [5.41, 5.74) is 1.85. The molecular formula is C24H40O3. The van der Waals surface area contributed by atoms with Crippen molar-refractivity contribution in [1.29, 1.82) is 0 Å². The van der Waals surface area contributed by atoms with Crippen molar-refractivity contribution in [3.05, 3.63) is 11.6 Å². The fourth-order valence-electron chi connectivity index (χ4n) is 8.76. The summed E-state index contributed by atoms with van der Waals surface area (Å²) < 4.78 is 0. The van der Waals surface area contributed by atoms with E-state index in [1.54, 1.807) is 0 Å². The molecule has 3 saturated carbocycles. The zero-order chi connectivity index (χ0) is 19.6. The largest absolute Gasteiger partial charge is 0.396 e. The monoisotopic (exact) mass is 376 g/mol. The van der Waals surface area contributed by atoms with Crippen LogP contribution in [0, 0.1) is 51.8 Å². The molecule has 3 nitrogen and oxygen atoms in total. The normalized spacial score (nSPS) is 51.7. The summed E-state index contributed by atoms with van der Waals surface area (Å²) in [6, 6.07) is 0. The lowest BCUT2D eigenvalue weighted by Gasteiger charge is -2.70. The van der Waals surface area contributed by atoms with Crippen LogP contribution in [0.4, 0.5) is 0 Å². The fraction of sp³-hybridized carbons (Fsp3) is 0.917. The SMILES string of the molecule is CC(C)C1=C[C@@]23CC[C@H]4[C@](C)(CO)CCC[C@]4(C)[C@H]2C[C@@H]1[C@H](CO)[C@H]3CO. The third kappa shape index (κ3) is 2.50. The average molecular weight is 377 g/mol. The van der Waals surface area contributed by atoms with Crippen molar-refractivity contribution >= 4 is 0 Å². The van der Waals surface area contributed by atoms with Crippen molar-refractivity contribution in [2.45, 2.75) is 66.2 Å². The van der Waals surface area contributed by atoms with Gasteiger partial charge in [-0.3, -0.25) is 0 Å². The Balaban J connectivity index is 1.82. The van der Waals surface area contributed by atoms with Crippen molar-refractivity contribution in [3.8, 4) is 0 Å². The van der Waals surface area contributed by atoms with Gasteiger partial charge in [0.15, 0.2) is 0 Å². The summed E-state index contributed by atoms with van der Waals surface area (Å²) in [7, 11) is 0. The molecule has 0 aliphatic heterocycles. The summed E-state index contributed by atoms with van der Waals surface area (Å²) in [6.45, 7) is 10.1. The molecule has 1 spiro atoms. The topological polar surface area (TPSA) is 60.7 Å². The molecule has 0 radical (unpaired) electrons. The van der Waals surface area contributed by atoms with Gasteiger partial charge in [-0.25, -0.2) is 0 Å². The highest BCUT2D eigenvalue weighted by Crippen LogP contribution is 2.73. The lowest BCUT2D eigenvalue weighted by molar-refractivity contribution is -0.199. The first-order chi connectivity index (χ1) is 12.8. The van der Waals surface area contributed by atoms with Gasteiger partial charge >= 0.3 is 0 Å². The predicted molar refractivity (Wildman–Crippen MR) is 108 cm³/mol. The molecule has 5 aliphatic carbocycles. The third-order valence-corrected chi connectivity index (χ3v) is 9.92. The molecule has 0 aromatic heterocycles. The van der Waals surface area contributed by atoms with E-state index in [1.165, 1.54) is 24.8 Å². The zero-order valence-corrected chi connectivity index (χ0v) is 17.7. The molecule has 0 saturated heterocycles. The van der Waals surface area contributed by atoms with E-state index in [0.717, 1.165) is 19.3 Å². The summed E-state index contributed by atoms with van der Waals surface area (Å²) >= 11 is 0. The van der Waals surface area contributed by atoms with Crippen LogP contribution in [0.5, 0.6) is 0 Å². The number of hydrogen-bond donors (Lipinski definition) is 3.